The molecule has 1 aliphatic heterocycles. The number of hydrogen-bond acceptors (Lipinski definition) is 7. The van der Waals surface area contributed by atoms with Crippen molar-refractivity contribution in [1.82, 2.24) is 24.8 Å². The summed E-state index contributed by atoms with van der Waals surface area (Å²) < 4.78 is 0. The Bertz CT molecular complexity index is 1040. The highest BCUT2D eigenvalue weighted by molar-refractivity contribution is 5.87. The third-order valence-corrected chi connectivity index (χ3v) is 6.66. The Hall–Kier alpha value is -2.80. The van der Waals surface area contributed by atoms with E-state index in [1.54, 1.807) is 0 Å². The fraction of sp³-hybridized carbons (Fsp3) is 0.500. The van der Waals surface area contributed by atoms with E-state index >= 15 is 0 Å². The summed E-state index contributed by atoms with van der Waals surface area (Å²) in [6.07, 6.45) is 9.15. The lowest BCUT2D eigenvalue weighted by Crippen LogP contribution is -2.29. The Kier molecular flexibility index (Phi) is 5.68. The summed E-state index contributed by atoms with van der Waals surface area (Å²) >= 11 is 0. The number of likely N-dealkylation sites (N-methyl/N-ethyl adjacent to an activating group) is 1. The van der Waals surface area contributed by atoms with Crippen molar-refractivity contribution in [2.24, 2.45) is 0 Å². The molecule has 7 heteroatoms. The first-order chi connectivity index (χ1) is 15.2. The predicted octanol–water partition coefficient (Wildman–Crippen LogP) is 3.86. The number of nitrogen functional groups attached to an aromatic ring is 1. The molecule has 3 aromatic heterocycles. The van der Waals surface area contributed by atoms with Crippen LogP contribution in [-0.4, -0.2) is 58.1 Å². The molecule has 0 spiro atoms. The standard InChI is InChI=1S/C24H31N7/c1-30-12-5-13-31(15-14-30)21-11-8-18(16-26-21)20-10-9-19-22(25)28-23(29-24(19)27-20)17-6-3-2-4-7-17/h8-11,16-17H,2-7,12-15H2,1H3,(H2,25,27,28,29). The molecule has 2 aliphatic rings. The van der Waals surface area contributed by atoms with Crippen LogP contribution < -0.4 is 10.6 Å². The van der Waals surface area contributed by atoms with Gasteiger partial charge in [-0.15, -0.1) is 0 Å². The van der Waals surface area contributed by atoms with Crippen molar-refractivity contribution in [2.45, 2.75) is 44.4 Å². The number of pyridine rings is 2. The molecule has 0 radical (unpaired) electrons. The number of nitrogens with zero attached hydrogens (tertiary/aromatic N) is 6. The van der Waals surface area contributed by atoms with Crippen LogP contribution in [0.25, 0.3) is 22.3 Å². The minimum Gasteiger partial charge on any atom is -0.383 e. The number of rotatable bonds is 3. The third-order valence-electron chi connectivity index (χ3n) is 6.66. The van der Waals surface area contributed by atoms with E-state index in [1.165, 1.54) is 19.3 Å². The lowest BCUT2D eigenvalue weighted by Gasteiger charge is -2.21. The van der Waals surface area contributed by atoms with E-state index in [4.69, 9.17) is 20.7 Å². The molecule has 4 heterocycles. The van der Waals surface area contributed by atoms with Crippen molar-refractivity contribution in [3.05, 3.63) is 36.3 Å². The molecule has 0 unspecified atom stereocenters. The Labute approximate surface area is 183 Å². The van der Waals surface area contributed by atoms with Crippen molar-refractivity contribution in [1.29, 1.82) is 0 Å². The molecule has 2 fully saturated rings. The van der Waals surface area contributed by atoms with Crippen LogP contribution in [0.1, 0.15) is 50.3 Å². The van der Waals surface area contributed by atoms with Crippen molar-refractivity contribution in [3.8, 4) is 11.3 Å². The van der Waals surface area contributed by atoms with Gasteiger partial charge in [0.2, 0.25) is 0 Å². The van der Waals surface area contributed by atoms with E-state index < -0.39 is 0 Å². The molecule has 2 N–H and O–H groups in total. The number of hydrogen-bond donors (Lipinski definition) is 1. The highest BCUT2D eigenvalue weighted by Gasteiger charge is 2.20. The highest BCUT2D eigenvalue weighted by Crippen LogP contribution is 2.32. The zero-order valence-electron chi connectivity index (χ0n) is 18.3. The molecular formula is C24H31N7. The van der Waals surface area contributed by atoms with Gasteiger partial charge in [0.25, 0.3) is 0 Å². The minimum absolute atomic E-state index is 0.402. The van der Waals surface area contributed by atoms with Crippen molar-refractivity contribution >= 4 is 22.7 Å². The average molecular weight is 418 g/mol. The van der Waals surface area contributed by atoms with Crippen LogP contribution in [0.4, 0.5) is 11.6 Å². The molecule has 1 aliphatic carbocycles. The van der Waals surface area contributed by atoms with Gasteiger partial charge in [-0.1, -0.05) is 19.3 Å². The summed E-state index contributed by atoms with van der Waals surface area (Å²) in [6.45, 7) is 4.27. The highest BCUT2D eigenvalue weighted by atomic mass is 15.2. The molecule has 7 nitrogen and oxygen atoms in total. The van der Waals surface area contributed by atoms with E-state index in [1.807, 2.05) is 18.3 Å². The minimum atomic E-state index is 0.402. The lowest BCUT2D eigenvalue weighted by molar-refractivity contribution is 0.360. The van der Waals surface area contributed by atoms with Gasteiger partial charge in [-0.05, 0) is 57.1 Å². The van der Waals surface area contributed by atoms with Crippen LogP contribution in [0.3, 0.4) is 0 Å². The Balaban J connectivity index is 1.41. The fourth-order valence-corrected chi connectivity index (χ4v) is 4.76. The average Bonchev–Trinajstić information content (AvgIpc) is 3.04. The van der Waals surface area contributed by atoms with Crippen LogP contribution in [0.15, 0.2) is 30.5 Å². The second-order valence-electron chi connectivity index (χ2n) is 8.92. The molecule has 1 saturated heterocycles. The van der Waals surface area contributed by atoms with Crippen molar-refractivity contribution in [2.75, 3.05) is 43.9 Å². The molecular weight excluding hydrogens is 386 g/mol. The summed E-state index contributed by atoms with van der Waals surface area (Å²) in [4.78, 5) is 23.8. The van der Waals surface area contributed by atoms with Crippen LogP contribution >= 0.6 is 0 Å². The molecule has 0 bridgehead atoms. The predicted molar refractivity (Wildman–Crippen MR) is 125 cm³/mol. The molecule has 1 saturated carbocycles. The lowest BCUT2D eigenvalue weighted by atomic mass is 9.88. The number of fused-ring (bicyclic) bond motifs is 1. The van der Waals surface area contributed by atoms with Gasteiger partial charge < -0.3 is 15.5 Å². The smallest absolute Gasteiger partial charge is 0.165 e. The molecule has 31 heavy (non-hydrogen) atoms. The molecule has 3 aromatic rings. The van der Waals surface area contributed by atoms with Gasteiger partial charge in [-0.3, -0.25) is 0 Å². The second-order valence-corrected chi connectivity index (χ2v) is 8.92. The molecule has 162 valence electrons. The normalized spacial score (nSPS) is 18.9. The van der Waals surface area contributed by atoms with Gasteiger partial charge in [0.05, 0.1) is 11.1 Å². The number of nitrogens with two attached hydrogens (primary N) is 1. The first-order valence-corrected chi connectivity index (χ1v) is 11.5. The Morgan fingerprint density at radius 2 is 1.74 bits per heavy atom. The van der Waals surface area contributed by atoms with Gasteiger partial charge in [-0.2, -0.15) is 0 Å². The Morgan fingerprint density at radius 3 is 2.55 bits per heavy atom. The first kappa shape index (κ1) is 20.1. The maximum absolute atomic E-state index is 6.27. The topological polar surface area (TPSA) is 84.1 Å². The van der Waals surface area contributed by atoms with E-state index in [0.29, 0.717) is 17.4 Å². The van der Waals surface area contributed by atoms with Crippen molar-refractivity contribution < 1.29 is 0 Å². The van der Waals surface area contributed by atoms with Crippen LogP contribution in [-0.2, 0) is 0 Å². The summed E-state index contributed by atoms with van der Waals surface area (Å²) in [5.74, 6) is 2.82. The SMILES string of the molecule is CN1CCCN(c2ccc(-c3ccc4c(N)nc(C5CCCCC5)nc4n3)cn2)CC1. The third kappa shape index (κ3) is 4.32. The summed E-state index contributed by atoms with van der Waals surface area (Å²) in [7, 11) is 2.18. The van der Waals surface area contributed by atoms with Gasteiger partial charge in [-0.25, -0.2) is 19.9 Å². The quantitative estimate of drug-likeness (QED) is 0.693. The van der Waals surface area contributed by atoms with E-state index in [-0.39, 0.29) is 0 Å². The van der Waals surface area contributed by atoms with Crippen LogP contribution in [0.2, 0.25) is 0 Å². The fourth-order valence-electron chi connectivity index (χ4n) is 4.76. The molecule has 0 atom stereocenters. The van der Waals surface area contributed by atoms with Crippen molar-refractivity contribution in [3.63, 3.8) is 0 Å². The molecule has 0 amide bonds. The maximum atomic E-state index is 6.27. The van der Waals surface area contributed by atoms with Gasteiger partial charge in [0.1, 0.15) is 17.5 Å². The zero-order valence-corrected chi connectivity index (χ0v) is 18.3. The van der Waals surface area contributed by atoms with Crippen LogP contribution in [0.5, 0.6) is 0 Å². The monoisotopic (exact) mass is 417 g/mol. The molecule has 5 rings (SSSR count). The summed E-state index contributed by atoms with van der Waals surface area (Å²) in [5.41, 5.74) is 8.82. The van der Waals surface area contributed by atoms with E-state index in [9.17, 15) is 0 Å². The summed E-state index contributed by atoms with van der Waals surface area (Å²) in [6, 6.07) is 8.18. The number of aromatic nitrogens is 4. The van der Waals surface area contributed by atoms with E-state index in [2.05, 4.69) is 34.0 Å². The Morgan fingerprint density at radius 1 is 0.871 bits per heavy atom. The molecule has 0 aromatic carbocycles. The largest absolute Gasteiger partial charge is 0.383 e. The first-order valence-electron chi connectivity index (χ1n) is 11.5. The zero-order chi connectivity index (χ0) is 21.2. The van der Waals surface area contributed by atoms with Gasteiger partial charge in [0.15, 0.2) is 5.65 Å². The summed E-state index contributed by atoms with van der Waals surface area (Å²) in [5, 5.41) is 0.821. The van der Waals surface area contributed by atoms with Crippen LogP contribution in [0, 0.1) is 0 Å². The number of anilines is 2. The van der Waals surface area contributed by atoms with Gasteiger partial charge >= 0.3 is 0 Å². The maximum Gasteiger partial charge on any atom is 0.165 e. The second kappa shape index (κ2) is 8.75. The van der Waals surface area contributed by atoms with E-state index in [0.717, 1.165) is 73.7 Å². The van der Waals surface area contributed by atoms with Gasteiger partial charge in [0, 0.05) is 37.3 Å².